The fourth-order valence-electron chi connectivity index (χ4n) is 3.90. The number of likely N-dealkylation sites (tertiary alicyclic amines) is 1. The van der Waals surface area contributed by atoms with Crippen LogP contribution in [0.2, 0.25) is 0 Å². The highest BCUT2D eigenvalue weighted by Crippen LogP contribution is 2.37. The Kier molecular flexibility index (Phi) is 5.73. The molecule has 0 spiro atoms. The van der Waals surface area contributed by atoms with Gasteiger partial charge in [-0.25, -0.2) is 0 Å². The third-order valence-corrected chi connectivity index (χ3v) is 5.40. The first-order chi connectivity index (χ1) is 12.9. The fraction of sp³-hybridized carbons (Fsp3) is 0.524. The van der Waals surface area contributed by atoms with Gasteiger partial charge in [0.05, 0.1) is 24.1 Å². The first kappa shape index (κ1) is 19.3. The summed E-state index contributed by atoms with van der Waals surface area (Å²) in [5.41, 5.74) is 1.77. The number of aryl methyl sites for hydroxylation is 1. The average molecular weight is 369 g/mol. The molecule has 3 unspecified atom stereocenters. The summed E-state index contributed by atoms with van der Waals surface area (Å²) >= 11 is 0. The summed E-state index contributed by atoms with van der Waals surface area (Å²) in [6.07, 6.45) is 7.21. The van der Waals surface area contributed by atoms with Crippen molar-refractivity contribution in [1.82, 2.24) is 15.2 Å². The molecule has 1 N–H and O–H groups in total. The Balaban J connectivity index is 1.77. The molecule has 1 fully saturated rings. The minimum atomic E-state index is -0.764. The van der Waals surface area contributed by atoms with E-state index in [-0.39, 0.29) is 42.0 Å². The van der Waals surface area contributed by atoms with Crippen molar-refractivity contribution in [1.29, 1.82) is 0 Å². The van der Waals surface area contributed by atoms with E-state index in [0.717, 1.165) is 11.3 Å². The first-order valence-electron chi connectivity index (χ1n) is 9.60. The molecule has 144 valence electrons. The number of imide groups is 1. The van der Waals surface area contributed by atoms with Gasteiger partial charge in [0.1, 0.15) is 6.04 Å². The van der Waals surface area contributed by atoms with E-state index in [0.29, 0.717) is 19.3 Å². The Morgan fingerprint density at radius 3 is 2.41 bits per heavy atom. The lowest BCUT2D eigenvalue weighted by atomic mass is 9.85. The van der Waals surface area contributed by atoms with Crippen LogP contribution in [0.4, 0.5) is 0 Å². The van der Waals surface area contributed by atoms with Gasteiger partial charge in [-0.2, -0.15) is 0 Å². The second-order valence-electron chi connectivity index (χ2n) is 7.83. The van der Waals surface area contributed by atoms with Crippen LogP contribution in [0.15, 0.2) is 30.5 Å². The SMILES string of the molecule is Cc1cccnc1CNC(=O)C(CC(C)C)N1C(=O)C2CC=CCC2C1=O. The van der Waals surface area contributed by atoms with E-state index in [9.17, 15) is 14.4 Å². The molecule has 0 aromatic carbocycles. The Hall–Kier alpha value is -2.50. The molecule has 3 rings (SSSR count). The Morgan fingerprint density at radius 1 is 1.22 bits per heavy atom. The van der Waals surface area contributed by atoms with E-state index in [1.54, 1.807) is 6.20 Å². The van der Waals surface area contributed by atoms with Crippen LogP contribution in [0.25, 0.3) is 0 Å². The Labute approximate surface area is 160 Å². The summed E-state index contributed by atoms with van der Waals surface area (Å²) in [5.74, 6) is -1.15. The zero-order chi connectivity index (χ0) is 19.6. The molecule has 27 heavy (non-hydrogen) atoms. The van der Waals surface area contributed by atoms with Crippen molar-refractivity contribution >= 4 is 17.7 Å². The van der Waals surface area contributed by atoms with E-state index in [1.807, 2.05) is 45.1 Å². The number of amides is 3. The molecule has 6 heteroatoms. The number of allylic oxidation sites excluding steroid dienone is 2. The summed E-state index contributed by atoms with van der Waals surface area (Å²) in [6.45, 7) is 6.20. The van der Waals surface area contributed by atoms with Crippen molar-refractivity contribution in [2.24, 2.45) is 17.8 Å². The van der Waals surface area contributed by atoms with E-state index >= 15 is 0 Å². The minimum absolute atomic E-state index is 0.179. The van der Waals surface area contributed by atoms with Crippen molar-refractivity contribution in [3.63, 3.8) is 0 Å². The molecule has 1 aliphatic carbocycles. The number of hydrogen-bond donors (Lipinski definition) is 1. The van der Waals surface area contributed by atoms with E-state index < -0.39 is 6.04 Å². The first-order valence-corrected chi connectivity index (χ1v) is 9.60. The van der Waals surface area contributed by atoms with Gasteiger partial charge in [0.2, 0.25) is 17.7 Å². The summed E-state index contributed by atoms with van der Waals surface area (Å²) in [6, 6.07) is 3.02. The number of nitrogens with zero attached hydrogens (tertiary/aromatic N) is 2. The molecule has 3 amide bonds. The number of carbonyl (C=O) groups excluding carboxylic acids is 3. The van der Waals surface area contributed by atoms with Crippen LogP contribution >= 0.6 is 0 Å². The van der Waals surface area contributed by atoms with Crippen molar-refractivity contribution < 1.29 is 14.4 Å². The molecule has 2 heterocycles. The van der Waals surface area contributed by atoms with Crippen molar-refractivity contribution in [3.8, 4) is 0 Å². The molecule has 3 atom stereocenters. The molecule has 6 nitrogen and oxygen atoms in total. The number of nitrogens with one attached hydrogen (secondary N) is 1. The zero-order valence-electron chi connectivity index (χ0n) is 16.1. The molecule has 1 aromatic heterocycles. The number of carbonyl (C=O) groups is 3. The fourth-order valence-corrected chi connectivity index (χ4v) is 3.90. The van der Waals surface area contributed by atoms with Gasteiger partial charge in [0.15, 0.2) is 0 Å². The van der Waals surface area contributed by atoms with Gasteiger partial charge in [0.25, 0.3) is 0 Å². The van der Waals surface area contributed by atoms with E-state index in [1.165, 1.54) is 4.90 Å². The van der Waals surface area contributed by atoms with Crippen molar-refractivity contribution in [2.45, 2.75) is 52.6 Å². The van der Waals surface area contributed by atoms with Crippen LogP contribution in [0.5, 0.6) is 0 Å². The van der Waals surface area contributed by atoms with E-state index in [2.05, 4.69) is 10.3 Å². The maximum atomic E-state index is 12.9. The highest BCUT2D eigenvalue weighted by Gasteiger charge is 2.51. The predicted octanol–water partition coefficient (Wildman–Crippen LogP) is 2.37. The minimum Gasteiger partial charge on any atom is -0.349 e. The van der Waals surface area contributed by atoms with Gasteiger partial charge in [-0.15, -0.1) is 0 Å². The number of hydrogen-bond acceptors (Lipinski definition) is 4. The Bertz CT molecular complexity index is 746. The molecule has 0 saturated carbocycles. The number of pyridine rings is 1. The van der Waals surface area contributed by atoms with Gasteiger partial charge in [-0.3, -0.25) is 24.3 Å². The number of fused-ring (bicyclic) bond motifs is 1. The molecule has 1 aromatic rings. The molecule has 0 bridgehead atoms. The molecular weight excluding hydrogens is 342 g/mol. The number of rotatable bonds is 6. The van der Waals surface area contributed by atoms with Gasteiger partial charge < -0.3 is 5.32 Å². The van der Waals surface area contributed by atoms with Crippen LogP contribution in [0.3, 0.4) is 0 Å². The highest BCUT2D eigenvalue weighted by molar-refractivity contribution is 6.08. The second kappa shape index (κ2) is 8.03. The smallest absolute Gasteiger partial charge is 0.243 e. The zero-order valence-corrected chi connectivity index (χ0v) is 16.1. The van der Waals surface area contributed by atoms with Gasteiger partial charge in [-0.05, 0) is 43.7 Å². The van der Waals surface area contributed by atoms with Crippen molar-refractivity contribution in [3.05, 3.63) is 41.7 Å². The third-order valence-electron chi connectivity index (χ3n) is 5.40. The molecular formula is C21H27N3O3. The lowest BCUT2D eigenvalue weighted by Crippen LogP contribution is -2.50. The summed E-state index contributed by atoms with van der Waals surface area (Å²) in [7, 11) is 0. The average Bonchev–Trinajstić information content (AvgIpc) is 2.90. The van der Waals surface area contributed by atoms with E-state index in [4.69, 9.17) is 0 Å². The summed E-state index contributed by atoms with van der Waals surface area (Å²) in [4.78, 5) is 44.2. The summed E-state index contributed by atoms with van der Waals surface area (Å²) in [5, 5.41) is 2.88. The maximum absolute atomic E-state index is 12.9. The maximum Gasteiger partial charge on any atom is 0.243 e. The molecule has 1 aliphatic heterocycles. The Morgan fingerprint density at radius 2 is 1.85 bits per heavy atom. The normalized spacial score (nSPS) is 22.9. The molecule has 0 radical (unpaired) electrons. The summed E-state index contributed by atoms with van der Waals surface area (Å²) < 4.78 is 0. The lowest BCUT2D eigenvalue weighted by molar-refractivity contribution is -0.148. The van der Waals surface area contributed by atoms with Crippen LogP contribution in [0.1, 0.15) is 44.4 Å². The lowest BCUT2D eigenvalue weighted by Gasteiger charge is -2.27. The van der Waals surface area contributed by atoms with Crippen LogP contribution < -0.4 is 5.32 Å². The molecule has 2 aliphatic rings. The van der Waals surface area contributed by atoms with Crippen LogP contribution in [-0.2, 0) is 20.9 Å². The standard InChI is InChI=1S/C21H27N3O3/c1-13(2)11-18(19(25)23-12-17-14(3)7-6-10-22-17)24-20(26)15-8-4-5-9-16(15)21(24)27/h4-7,10,13,15-16,18H,8-9,11-12H2,1-3H3,(H,23,25). The predicted molar refractivity (Wildman–Crippen MR) is 101 cm³/mol. The van der Waals surface area contributed by atoms with Crippen molar-refractivity contribution in [2.75, 3.05) is 0 Å². The second-order valence-corrected chi connectivity index (χ2v) is 7.83. The third kappa shape index (κ3) is 3.94. The van der Waals surface area contributed by atoms with Gasteiger partial charge in [-0.1, -0.05) is 32.1 Å². The largest absolute Gasteiger partial charge is 0.349 e. The number of aromatic nitrogens is 1. The quantitative estimate of drug-likeness (QED) is 0.617. The molecule has 1 saturated heterocycles. The highest BCUT2D eigenvalue weighted by atomic mass is 16.2. The van der Waals surface area contributed by atoms with Crippen LogP contribution in [0, 0.1) is 24.7 Å². The van der Waals surface area contributed by atoms with Gasteiger partial charge >= 0.3 is 0 Å². The van der Waals surface area contributed by atoms with Crippen LogP contribution in [-0.4, -0.2) is 33.6 Å². The monoisotopic (exact) mass is 369 g/mol. The topological polar surface area (TPSA) is 79.4 Å². The van der Waals surface area contributed by atoms with Gasteiger partial charge in [0, 0.05) is 6.20 Å².